The van der Waals surface area contributed by atoms with Crippen molar-refractivity contribution >= 4 is 29.1 Å². The van der Waals surface area contributed by atoms with Crippen molar-refractivity contribution in [2.45, 2.75) is 6.42 Å². The number of carbonyl (C=O) groups is 2. The van der Waals surface area contributed by atoms with Crippen molar-refractivity contribution in [2.24, 2.45) is 0 Å². The molecule has 124 valence electrons. The van der Waals surface area contributed by atoms with E-state index in [2.05, 4.69) is 5.32 Å². The predicted octanol–water partition coefficient (Wildman–Crippen LogP) is 2.99. The second-order valence-electron chi connectivity index (χ2n) is 5.64. The highest BCUT2D eigenvalue weighted by Gasteiger charge is 2.21. The van der Waals surface area contributed by atoms with Crippen LogP contribution in [0.2, 0.25) is 5.02 Å². The molecule has 0 fully saturated rings. The summed E-state index contributed by atoms with van der Waals surface area (Å²) < 4.78 is 5.57. The molecule has 0 radical (unpaired) electrons. The zero-order chi connectivity index (χ0) is 17.1. The number of fused-ring (bicyclic) bond motifs is 1. The Labute approximate surface area is 145 Å². The van der Waals surface area contributed by atoms with E-state index >= 15 is 0 Å². The summed E-state index contributed by atoms with van der Waals surface area (Å²) in [6.45, 7) is 0.989. The minimum absolute atomic E-state index is 0.115. The number of hydrogen-bond donors (Lipinski definition) is 1. The highest BCUT2D eigenvalue weighted by atomic mass is 35.5. The summed E-state index contributed by atoms with van der Waals surface area (Å²) in [5.74, 6) is 0.268. The molecule has 0 spiro atoms. The molecule has 0 unspecified atom stereocenters. The Hall–Kier alpha value is -2.53. The predicted molar refractivity (Wildman–Crippen MR) is 92.7 cm³/mol. The highest BCUT2D eigenvalue weighted by molar-refractivity contribution is 6.30. The average Bonchev–Trinajstić information content (AvgIpc) is 2.70. The number of carbonyl (C=O) groups excluding carboxylic acids is 2. The maximum atomic E-state index is 12.3. The van der Waals surface area contributed by atoms with Crippen LogP contribution >= 0.6 is 11.6 Å². The molecule has 1 aliphatic rings. The molecule has 1 aliphatic heterocycles. The first kappa shape index (κ1) is 16.3. The van der Waals surface area contributed by atoms with Gasteiger partial charge >= 0.3 is 0 Å². The molecule has 2 aromatic carbocycles. The zero-order valence-corrected chi connectivity index (χ0v) is 14.0. The summed E-state index contributed by atoms with van der Waals surface area (Å²) in [6.07, 6.45) is 0.235. The molecular formula is C18H17ClN2O3. The fraction of sp³-hybridized carbons (Fsp3) is 0.222. The van der Waals surface area contributed by atoms with Crippen molar-refractivity contribution in [3.63, 3.8) is 0 Å². The van der Waals surface area contributed by atoms with Crippen molar-refractivity contribution in [1.82, 2.24) is 4.90 Å². The molecule has 1 N–H and O–H groups in total. The lowest BCUT2D eigenvalue weighted by Crippen LogP contribution is -2.27. The first-order valence-electron chi connectivity index (χ1n) is 7.59. The Morgan fingerprint density at radius 3 is 2.75 bits per heavy atom. The molecule has 0 aliphatic carbocycles. The number of nitrogens with one attached hydrogen (secondary N) is 1. The first-order chi connectivity index (χ1) is 11.5. The van der Waals surface area contributed by atoms with Crippen molar-refractivity contribution in [3.8, 4) is 5.75 Å². The second kappa shape index (κ2) is 6.93. The number of likely N-dealkylation sites (N-methyl/N-ethyl adjacent to an activating group) is 1. The fourth-order valence-electron chi connectivity index (χ4n) is 2.49. The smallest absolute Gasteiger partial charge is 0.257 e. The van der Waals surface area contributed by atoms with Gasteiger partial charge in [-0.15, -0.1) is 0 Å². The summed E-state index contributed by atoms with van der Waals surface area (Å²) in [4.78, 5) is 26.1. The third kappa shape index (κ3) is 3.68. The molecule has 6 heteroatoms. The van der Waals surface area contributed by atoms with Gasteiger partial charge in [0.15, 0.2) is 0 Å². The van der Waals surface area contributed by atoms with Crippen LogP contribution in [0.4, 0.5) is 5.69 Å². The maximum Gasteiger partial charge on any atom is 0.257 e. The van der Waals surface area contributed by atoms with Gasteiger partial charge < -0.3 is 15.0 Å². The lowest BCUT2D eigenvalue weighted by molar-refractivity contribution is -0.115. The molecular weight excluding hydrogens is 328 g/mol. The van der Waals surface area contributed by atoms with Gasteiger partial charge in [-0.2, -0.15) is 0 Å². The van der Waals surface area contributed by atoms with Crippen LogP contribution in [0.3, 0.4) is 0 Å². The Morgan fingerprint density at radius 2 is 2.00 bits per heavy atom. The van der Waals surface area contributed by atoms with Crippen LogP contribution in [-0.2, 0) is 11.2 Å². The molecule has 5 nitrogen and oxygen atoms in total. The summed E-state index contributed by atoms with van der Waals surface area (Å²) in [6, 6.07) is 12.2. The van der Waals surface area contributed by atoms with Gasteiger partial charge in [-0.3, -0.25) is 9.59 Å². The second-order valence-corrected chi connectivity index (χ2v) is 6.07. The Kier molecular flexibility index (Phi) is 4.71. The van der Waals surface area contributed by atoms with Crippen LogP contribution in [0.5, 0.6) is 5.75 Å². The van der Waals surface area contributed by atoms with Crippen LogP contribution in [-0.4, -0.2) is 36.9 Å². The minimum Gasteiger partial charge on any atom is -0.491 e. The van der Waals surface area contributed by atoms with E-state index in [-0.39, 0.29) is 18.2 Å². The fourth-order valence-corrected chi connectivity index (χ4v) is 2.62. The van der Waals surface area contributed by atoms with Crippen LogP contribution in [0, 0.1) is 0 Å². The van der Waals surface area contributed by atoms with Gasteiger partial charge in [0.05, 0.1) is 18.5 Å². The average molecular weight is 345 g/mol. The molecule has 0 saturated heterocycles. The highest BCUT2D eigenvalue weighted by Crippen LogP contribution is 2.26. The lowest BCUT2D eigenvalue weighted by Gasteiger charge is -2.13. The SMILES string of the molecule is CN1CCOc2ccc(NC(=O)Cc3ccc(Cl)cc3)cc2C1=O. The van der Waals surface area contributed by atoms with Crippen LogP contribution in [0.1, 0.15) is 15.9 Å². The van der Waals surface area contributed by atoms with Gasteiger partial charge in [-0.05, 0) is 35.9 Å². The molecule has 0 atom stereocenters. The number of nitrogens with zero attached hydrogens (tertiary/aromatic N) is 1. The Balaban J connectivity index is 1.73. The van der Waals surface area contributed by atoms with Crippen LogP contribution in [0.15, 0.2) is 42.5 Å². The van der Waals surface area contributed by atoms with Gasteiger partial charge in [0.1, 0.15) is 12.4 Å². The van der Waals surface area contributed by atoms with Crippen LogP contribution in [0.25, 0.3) is 0 Å². The van der Waals surface area contributed by atoms with E-state index in [4.69, 9.17) is 16.3 Å². The van der Waals surface area contributed by atoms with Crippen LogP contribution < -0.4 is 10.1 Å². The zero-order valence-electron chi connectivity index (χ0n) is 13.2. The van der Waals surface area contributed by atoms with E-state index in [0.717, 1.165) is 5.56 Å². The lowest BCUT2D eigenvalue weighted by atomic mass is 10.1. The maximum absolute atomic E-state index is 12.3. The Morgan fingerprint density at radius 1 is 1.25 bits per heavy atom. The Bertz CT molecular complexity index is 774. The molecule has 3 rings (SSSR count). The van der Waals surface area contributed by atoms with Crippen molar-refractivity contribution < 1.29 is 14.3 Å². The quantitative estimate of drug-likeness (QED) is 0.931. The topological polar surface area (TPSA) is 58.6 Å². The van der Waals surface area contributed by atoms with Crippen molar-refractivity contribution in [2.75, 3.05) is 25.5 Å². The van der Waals surface area contributed by atoms with Gasteiger partial charge in [-0.1, -0.05) is 23.7 Å². The van der Waals surface area contributed by atoms with Gasteiger partial charge in [0, 0.05) is 17.8 Å². The number of anilines is 1. The molecule has 1 heterocycles. The molecule has 2 amide bonds. The van der Waals surface area contributed by atoms with E-state index in [1.165, 1.54) is 0 Å². The molecule has 0 bridgehead atoms. The van der Waals surface area contributed by atoms with Crippen molar-refractivity contribution in [3.05, 3.63) is 58.6 Å². The van der Waals surface area contributed by atoms with E-state index in [1.807, 2.05) is 12.1 Å². The van der Waals surface area contributed by atoms with Gasteiger partial charge in [-0.25, -0.2) is 0 Å². The van der Waals surface area contributed by atoms with Crippen molar-refractivity contribution in [1.29, 1.82) is 0 Å². The molecule has 2 aromatic rings. The number of rotatable bonds is 3. The van der Waals surface area contributed by atoms with Gasteiger partial charge in [0.25, 0.3) is 5.91 Å². The summed E-state index contributed by atoms with van der Waals surface area (Å²) in [5.41, 5.74) is 1.89. The molecule has 0 aromatic heterocycles. The number of amides is 2. The first-order valence-corrected chi connectivity index (χ1v) is 7.97. The number of ether oxygens (including phenoxy) is 1. The van der Waals surface area contributed by atoms with Gasteiger partial charge in [0.2, 0.25) is 5.91 Å². The third-order valence-corrected chi connectivity index (χ3v) is 4.05. The number of benzene rings is 2. The summed E-state index contributed by atoms with van der Waals surface area (Å²) in [5, 5.41) is 3.44. The van der Waals surface area contributed by atoms with E-state index in [9.17, 15) is 9.59 Å². The number of halogens is 1. The normalized spacial score (nSPS) is 13.8. The van der Waals surface area contributed by atoms with E-state index < -0.39 is 0 Å². The molecule has 0 saturated carbocycles. The number of hydrogen-bond acceptors (Lipinski definition) is 3. The molecule has 24 heavy (non-hydrogen) atoms. The largest absolute Gasteiger partial charge is 0.491 e. The van der Waals surface area contributed by atoms with E-state index in [0.29, 0.717) is 35.2 Å². The minimum atomic E-state index is -0.160. The monoisotopic (exact) mass is 344 g/mol. The van der Waals surface area contributed by atoms with E-state index in [1.54, 1.807) is 42.3 Å². The standard InChI is InChI=1S/C18H17ClN2O3/c1-21-8-9-24-16-7-6-14(11-15(16)18(21)23)20-17(22)10-12-2-4-13(19)5-3-12/h2-7,11H,8-10H2,1H3,(H,20,22). The summed E-state index contributed by atoms with van der Waals surface area (Å²) in [7, 11) is 1.73. The third-order valence-electron chi connectivity index (χ3n) is 3.80. The summed E-state index contributed by atoms with van der Waals surface area (Å²) >= 11 is 5.84.